The number of ether oxygens (including phenoxy) is 1. The van der Waals surface area contributed by atoms with E-state index in [0.717, 1.165) is 42.3 Å². The van der Waals surface area contributed by atoms with Gasteiger partial charge in [0.15, 0.2) is 0 Å². The number of nitrogens with zero attached hydrogens (tertiary/aromatic N) is 2. The van der Waals surface area contributed by atoms with Crippen LogP contribution >= 0.6 is 0 Å². The number of furan rings is 1. The molecule has 0 radical (unpaired) electrons. The Morgan fingerprint density at radius 2 is 2.24 bits per heavy atom. The fourth-order valence-electron chi connectivity index (χ4n) is 3.86. The molecular weight excluding hydrogens is 316 g/mol. The zero-order valence-electron chi connectivity index (χ0n) is 14.5. The van der Waals surface area contributed by atoms with Gasteiger partial charge in [-0.3, -0.25) is 9.69 Å². The Hall–Kier alpha value is -2.53. The molecule has 0 saturated carbocycles. The largest absolute Gasteiger partial charge is 0.495 e. The SMILES string of the molecule is COc1ccc(C)cc1N1C(=O)[C@@H]2C[C@H]1CN2C/C=C/c1ccco1. The number of carbonyl (C=O) groups is 1. The van der Waals surface area contributed by atoms with Crippen LogP contribution in [0.1, 0.15) is 17.7 Å². The molecule has 2 aliphatic rings. The molecule has 5 heteroatoms. The van der Waals surface area contributed by atoms with E-state index in [1.807, 2.05) is 48.2 Å². The van der Waals surface area contributed by atoms with Crippen LogP contribution in [0.4, 0.5) is 5.69 Å². The van der Waals surface area contributed by atoms with Crippen molar-refractivity contribution in [1.82, 2.24) is 4.90 Å². The van der Waals surface area contributed by atoms with Crippen LogP contribution < -0.4 is 9.64 Å². The molecule has 5 nitrogen and oxygen atoms in total. The maximum Gasteiger partial charge on any atom is 0.244 e. The molecule has 130 valence electrons. The van der Waals surface area contributed by atoms with Gasteiger partial charge in [0.25, 0.3) is 0 Å². The molecule has 0 spiro atoms. The minimum Gasteiger partial charge on any atom is -0.495 e. The van der Waals surface area contributed by atoms with Crippen molar-refractivity contribution in [1.29, 1.82) is 0 Å². The first-order chi connectivity index (χ1) is 12.2. The fourth-order valence-corrected chi connectivity index (χ4v) is 3.86. The molecule has 0 N–H and O–H groups in total. The van der Waals surface area contributed by atoms with E-state index in [1.165, 1.54) is 0 Å². The van der Waals surface area contributed by atoms with E-state index in [2.05, 4.69) is 11.0 Å². The van der Waals surface area contributed by atoms with Crippen molar-refractivity contribution in [2.24, 2.45) is 0 Å². The Morgan fingerprint density at radius 3 is 2.96 bits per heavy atom. The average Bonchev–Trinajstić information content (AvgIpc) is 3.31. The lowest BCUT2D eigenvalue weighted by molar-refractivity contribution is -0.122. The standard InChI is InChI=1S/C20H22N2O3/c1-14-7-8-19(24-2)17(11-14)22-15-12-18(20(22)23)21(13-15)9-3-5-16-6-4-10-25-16/h3-8,10-11,15,18H,9,12-13H2,1-2H3/b5-3+/t15-,18-/m0/s1. The van der Waals surface area contributed by atoms with Crippen molar-refractivity contribution >= 4 is 17.7 Å². The molecule has 0 aliphatic carbocycles. The molecule has 1 amide bonds. The summed E-state index contributed by atoms with van der Waals surface area (Å²) in [7, 11) is 1.65. The number of amides is 1. The minimum absolute atomic E-state index is 0.0449. The van der Waals surface area contributed by atoms with Crippen LogP contribution in [0.2, 0.25) is 0 Å². The molecule has 25 heavy (non-hydrogen) atoms. The van der Waals surface area contributed by atoms with Crippen molar-refractivity contribution in [2.45, 2.75) is 25.4 Å². The second-order valence-electron chi connectivity index (χ2n) is 6.66. The summed E-state index contributed by atoms with van der Waals surface area (Å²) in [5.41, 5.74) is 2.02. The summed E-state index contributed by atoms with van der Waals surface area (Å²) >= 11 is 0. The maximum atomic E-state index is 12.9. The van der Waals surface area contributed by atoms with Crippen LogP contribution in [-0.4, -0.2) is 43.1 Å². The van der Waals surface area contributed by atoms with Gasteiger partial charge in [0.1, 0.15) is 11.5 Å². The highest BCUT2D eigenvalue weighted by atomic mass is 16.5. The number of anilines is 1. The Bertz CT molecular complexity index is 797. The Labute approximate surface area is 147 Å². The number of aryl methyl sites for hydroxylation is 1. The van der Waals surface area contributed by atoms with Crippen molar-refractivity contribution in [3.8, 4) is 5.75 Å². The van der Waals surface area contributed by atoms with E-state index in [9.17, 15) is 4.79 Å². The molecule has 1 aromatic heterocycles. The van der Waals surface area contributed by atoms with E-state index in [-0.39, 0.29) is 18.0 Å². The minimum atomic E-state index is -0.0449. The van der Waals surface area contributed by atoms with Crippen LogP contribution in [0.5, 0.6) is 5.75 Å². The average molecular weight is 338 g/mol. The van der Waals surface area contributed by atoms with Crippen molar-refractivity contribution in [3.05, 3.63) is 54.0 Å². The van der Waals surface area contributed by atoms with Gasteiger partial charge in [-0.25, -0.2) is 0 Å². The quantitative estimate of drug-likeness (QED) is 0.840. The summed E-state index contributed by atoms with van der Waals surface area (Å²) in [6.07, 6.45) is 6.56. The van der Waals surface area contributed by atoms with Gasteiger partial charge in [-0.2, -0.15) is 0 Å². The highest BCUT2D eigenvalue weighted by Crippen LogP contribution is 2.40. The van der Waals surface area contributed by atoms with Crippen LogP contribution in [0, 0.1) is 6.92 Å². The monoisotopic (exact) mass is 338 g/mol. The summed E-state index contributed by atoms with van der Waals surface area (Å²) in [5.74, 6) is 1.77. The van der Waals surface area contributed by atoms with Gasteiger partial charge in [-0.05, 0) is 49.2 Å². The second-order valence-corrected chi connectivity index (χ2v) is 6.66. The molecule has 1 aromatic carbocycles. The topological polar surface area (TPSA) is 45.9 Å². The van der Waals surface area contributed by atoms with Gasteiger partial charge < -0.3 is 14.1 Å². The maximum absolute atomic E-state index is 12.9. The molecule has 2 aromatic rings. The molecule has 2 saturated heterocycles. The summed E-state index contributed by atoms with van der Waals surface area (Å²) in [4.78, 5) is 17.1. The number of methoxy groups -OCH3 is 1. The highest BCUT2D eigenvalue weighted by molar-refractivity contribution is 6.02. The van der Waals surface area contributed by atoms with Crippen LogP contribution in [0.15, 0.2) is 47.1 Å². The van der Waals surface area contributed by atoms with Crippen molar-refractivity contribution in [2.75, 3.05) is 25.1 Å². The van der Waals surface area contributed by atoms with E-state index in [1.54, 1.807) is 13.4 Å². The molecule has 3 heterocycles. The summed E-state index contributed by atoms with van der Waals surface area (Å²) in [5, 5.41) is 0. The van der Waals surface area contributed by atoms with Crippen LogP contribution in [0.3, 0.4) is 0 Å². The number of fused-ring (bicyclic) bond motifs is 2. The number of carbonyl (C=O) groups excluding carboxylic acids is 1. The van der Waals surface area contributed by atoms with Gasteiger partial charge in [-0.15, -0.1) is 0 Å². The number of piperazine rings is 1. The zero-order valence-corrected chi connectivity index (χ0v) is 14.5. The first-order valence-electron chi connectivity index (χ1n) is 8.59. The lowest BCUT2D eigenvalue weighted by Gasteiger charge is -2.34. The van der Waals surface area contributed by atoms with Gasteiger partial charge in [0.2, 0.25) is 5.91 Å². The molecule has 0 unspecified atom stereocenters. The molecule has 2 fully saturated rings. The zero-order chi connectivity index (χ0) is 17.4. The van der Waals surface area contributed by atoms with E-state index < -0.39 is 0 Å². The summed E-state index contributed by atoms with van der Waals surface area (Å²) < 4.78 is 10.8. The predicted molar refractivity (Wildman–Crippen MR) is 96.7 cm³/mol. The Kier molecular flexibility index (Phi) is 4.09. The van der Waals surface area contributed by atoms with E-state index in [4.69, 9.17) is 9.15 Å². The van der Waals surface area contributed by atoms with Crippen LogP contribution in [0.25, 0.3) is 6.08 Å². The number of benzene rings is 1. The van der Waals surface area contributed by atoms with Crippen molar-refractivity contribution in [3.63, 3.8) is 0 Å². The Balaban J connectivity index is 1.49. The van der Waals surface area contributed by atoms with Gasteiger partial charge in [0.05, 0.1) is 31.1 Å². The molecule has 2 atom stereocenters. The summed E-state index contributed by atoms with van der Waals surface area (Å²) in [6, 6.07) is 9.94. The third-order valence-electron chi connectivity index (χ3n) is 5.03. The number of likely N-dealkylation sites (tertiary alicyclic amines) is 1. The van der Waals surface area contributed by atoms with Gasteiger partial charge >= 0.3 is 0 Å². The van der Waals surface area contributed by atoms with Crippen LogP contribution in [-0.2, 0) is 4.79 Å². The number of rotatable bonds is 5. The first kappa shape index (κ1) is 16.0. The molecule has 2 aliphatic heterocycles. The fraction of sp³-hybridized carbons (Fsp3) is 0.350. The lowest BCUT2D eigenvalue weighted by Crippen LogP contribution is -2.50. The normalized spacial score (nSPS) is 23.1. The molecular formula is C20H22N2O3. The number of hydrogen-bond donors (Lipinski definition) is 0. The molecule has 4 rings (SSSR count). The van der Waals surface area contributed by atoms with E-state index >= 15 is 0 Å². The third kappa shape index (κ3) is 2.85. The second kappa shape index (κ2) is 6.41. The van der Waals surface area contributed by atoms with Gasteiger partial charge in [0, 0.05) is 13.1 Å². The molecule has 2 bridgehead atoms. The van der Waals surface area contributed by atoms with E-state index in [0.29, 0.717) is 0 Å². The summed E-state index contributed by atoms with van der Waals surface area (Å²) in [6.45, 7) is 3.68. The third-order valence-corrected chi connectivity index (χ3v) is 5.03. The first-order valence-corrected chi connectivity index (χ1v) is 8.59. The van der Waals surface area contributed by atoms with Crippen molar-refractivity contribution < 1.29 is 13.9 Å². The Morgan fingerprint density at radius 1 is 1.36 bits per heavy atom. The van der Waals surface area contributed by atoms with Gasteiger partial charge in [-0.1, -0.05) is 12.1 Å². The number of hydrogen-bond acceptors (Lipinski definition) is 4. The smallest absolute Gasteiger partial charge is 0.244 e. The lowest BCUT2D eigenvalue weighted by atomic mass is 10.1. The highest BCUT2D eigenvalue weighted by Gasteiger charge is 2.50. The predicted octanol–water partition coefficient (Wildman–Crippen LogP) is 3.10.